The topological polar surface area (TPSA) is 57.3 Å². The first-order valence-electron chi connectivity index (χ1n) is 5.86. The zero-order chi connectivity index (χ0) is 11.9. The molecule has 2 aliphatic rings. The second-order valence-corrected chi connectivity index (χ2v) is 4.94. The van der Waals surface area contributed by atoms with Crippen LogP contribution in [0, 0.1) is 5.41 Å². The molecular weight excluding hydrogens is 287 g/mol. The molecule has 1 aromatic heterocycles. The molecule has 1 amide bonds. The third kappa shape index (κ3) is 2.78. The van der Waals surface area contributed by atoms with E-state index in [1.54, 1.807) is 19.3 Å². The highest BCUT2D eigenvalue weighted by molar-refractivity contribution is 5.92. The van der Waals surface area contributed by atoms with Crippen molar-refractivity contribution in [2.24, 2.45) is 5.41 Å². The van der Waals surface area contributed by atoms with Gasteiger partial charge in [0.2, 0.25) is 0 Å². The zero-order valence-electron chi connectivity index (χ0n) is 10.7. The first-order chi connectivity index (χ1) is 8.22. The molecule has 106 valence electrons. The van der Waals surface area contributed by atoms with E-state index in [-0.39, 0.29) is 30.7 Å². The number of halogens is 2. The van der Waals surface area contributed by atoms with Gasteiger partial charge in [-0.3, -0.25) is 4.79 Å². The van der Waals surface area contributed by atoms with Crippen molar-refractivity contribution in [2.45, 2.75) is 0 Å². The van der Waals surface area contributed by atoms with Gasteiger partial charge in [0.15, 0.2) is 0 Å². The van der Waals surface area contributed by atoms with Crippen LogP contribution in [0.2, 0.25) is 0 Å². The Balaban J connectivity index is 0.000000902. The molecule has 0 saturated carbocycles. The third-order valence-electron chi connectivity index (χ3n) is 3.63. The van der Waals surface area contributed by atoms with Crippen LogP contribution in [-0.4, -0.2) is 44.1 Å². The number of rotatable bonds is 2. The molecular formula is C12H18Cl2N4O. The average Bonchev–Trinajstić information content (AvgIpc) is 2.25. The Morgan fingerprint density at radius 3 is 2.47 bits per heavy atom. The van der Waals surface area contributed by atoms with Crippen LogP contribution in [-0.2, 0) is 0 Å². The Labute approximate surface area is 125 Å². The lowest BCUT2D eigenvalue weighted by Crippen LogP contribution is -2.71. The molecule has 0 aliphatic carbocycles. The largest absolute Gasteiger partial charge is 0.369 e. The van der Waals surface area contributed by atoms with Crippen LogP contribution in [0.5, 0.6) is 0 Å². The van der Waals surface area contributed by atoms with Gasteiger partial charge in [0, 0.05) is 38.6 Å². The maximum Gasteiger partial charge on any atom is 0.269 e. The fourth-order valence-electron chi connectivity index (χ4n) is 2.48. The minimum atomic E-state index is -0.139. The molecule has 2 saturated heterocycles. The minimum absolute atomic E-state index is 0. The van der Waals surface area contributed by atoms with Crippen LogP contribution >= 0.6 is 24.8 Å². The van der Waals surface area contributed by atoms with Gasteiger partial charge in [-0.1, -0.05) is 0 Å². The van der Waals surface area contributed by atoms with Crippen LogP contribution in [0.3, 0.4) is 0 Å². The average molecular weight is 305 g/mol. The normalized spacial score (nSPS) is 18.5. The monoisotopic (exact) mass is 304 g/mol. The molecule has 3 heterocycles. The van der Waals surface area contributed by atoms with Crippen molar-refractivity contribution < 1.29 is 4.79 Å². The predicted molar refractivity (Wildman–Crippen MR) is 79.6 cm³/mol. The second-order valence-electron chi connectivity index (χ2n) is 4.94. The van der Waals surface area contributed by atoms with Gasteiger partial charge in [0.05, 0.1) is 11.9 Å². The Morgan fingerprint density at radius 2 is 2.05 bits per heavy atom. The highest BCUT2D eigenvalue weighted by Crippen LogP contribution is 2.36. The van der Waals surface area contributed by atoms with Crippen molar-refractivity contribution in [3.63, 3.8) is 0 Å². The predicted octanol–water partition coefficient (Wildman–Crippen LogP) is 0.694. The van der Waals surface area contributed by atoms with E-state index in [1.807, 2.05) is 6.07 Å². The number of hydrogen-bond donors (Lipinski definition) is 2. The van der Waals surface area contributed by atoms with Gasteiger partial charge in [-0.25, -0.2) is 4.98 Å². The maximum atomic E-state index is 11.3. The lowest BCUT2D eigenvalue weighted by atomic mass is 9.74. The smallest absolute Gasteiger partial charge is 0.269 e. The van der Waals surface area contributed by atoms with Crippen molar-refractivity contribution in [1.82, 2.24) is 15.6 Å². The van der Waals surface area contributed by atoms with Gasteiger partial charge in [0.1, 0.15) is 5.69 Å². The molecule has 2 fully saturated rings. The number of pyridine rings is 1. The standard InChI is InChI=1S/C12H16N4O.2ClH/c1-13-11(17)10-3-2-9(4-15-10)16-7-12(8-16)5-14-6-12;;/h2-4,14H,5-8H2,1H3,(H,13,17);2*1H. The number of nitrogens with zero attached hydrogens (tertiary/aromatic N) is 2. The number of carbonyl (C=O) groups excluding carboxylic acids is 1. The molecule has 2 N–H and O–H groups in total. The molecule has 0 aromatic carbocycles. The maximum absolute atomic E-state index is 11.3. The molecule has 19 heavy (non-hydrogen) atoms. The van der Waals surface area contributed by atoms with Crippen LogP contribution < -0.4 is 15.5 Å². The van der Waals surface area contributed by atoms with E-state index in [2.05, 4.69) is 20.5 Å². The summed E-state index contributed by atoms with van der Waals surface area (Å²) in [6.07, 6.45) is 1.78. The summed E-state index contributed by atoms with van der Waals surface area (Å²) in [5.41, 5.74) is 2.09. The summed E-state index contributed by atoms with van der Waals surface area (Å²) in [4.78, 5) is 17.8. The SMILES string of the molecule is CNC(=O)c1ccc(N2CC3(CNC3)C2)cn1.Cl.Cl. The fraction of sp³-hybridized carbons (Fsp3) is 0.500. The summed E-state index contributed by atoms with van der Waals surface area (Å²) in [5.74, 6) is -0.139. The summed E-state index contributed by atoms with van der Waals surface area (Å²) in [5, 5.41) is 5.88. The lowest BCUT2D eigenvalue weighted by molar-refractivity contribution is 0.0958. The Hall–Kier alpha value is -1.04. The summed E-state index contributed by atoms with van der Waals surface area (Å²) in [6.45, 7) is 4.46. The quantitative estimate of drug-likeness (QED) is 0.844. The summed E-state index contributed by atoms with van der Waals surface area (Å²) < 4.78 is 0. The number of amides is 1. The van der Waals surface area contributed by atoms with Crippen LogP contribution in [0.1, 0.15) is 10.5 Å². The molecule has 0 unspecified atom stereocenters. The first-order valence-corrected chi connectivity index (χ1v) is 5.86. The zero-order valence-corrected chi connectivity index (χ0v) is 12.3. The van der Waals surface area contributed by atoms with E-state index in [9.17, 15) is 4.79 Å². The molecule has 5 nitrogen and oxygen atoms in total. The van der Waals surface area contributed by atoms with E-state index in [1.165, 1.54) is 0 Å². The Morgan fingerprint density at radius 1 is 1.37 bits per heavy atom. The molecule has 1 spiro atoms. The van der Waals surface area contributed by atoms with Gasteiger partial charge in [-0.15, -0.1) is 24.8 Å². The van der Waals surface area contributed by atoms with E-state index >= 15 is 0 Å². The molecule has 7 heteroatoms. The summed E-state index contributed by atoms with van der Waals surface area (Å²) in [7, 11) is 1.61. The van der Waals surface area contributed by atoms with Crippen molar-refractivity contribution >= 4 is 36.4 Å². The van der Waals surface area contributed by atoms with E-state index < -0.39 is 0 Å². The van der Waals surface area contributed by atoms with Crippen LogP contribution in [0.15, 0.2) is 18.3 Å². The van der Waals surface area contributed by atoms with Gasteiger partial charge in [0.25, 0.3) is 5.91 Å². The number of aromatic nitrogens is 1. The van der Waals surface area contributed by atoms with Crippen molar-refractivity contribution in [3.8, 4) is 0 Å². The van der Waals surface area contributed by atoms with Gasteiger partial charge < -0.3 is 15.5 Å². The number of nitrogens with one attached hydrogen (secondary N) is 2. The van der Waals surface area contributed by atoms with E-state index in [4.69, 9.17) is 0 Å². The van der Waals surface area contributed by atoms with Gasteiger partial charge in [-0.05, 0) is 12.1 Å². The second kappa shape index (κ2) is 5.94. The minimum Gasteiger partial charge on any atom is -0.369 e. The summed E-state index contributed by atoms with van der Waals surface area (Å²) >= 11 is 0. The third-order valence-corrected chi connectivity index (χ3v) is 3.63. The Kier molecular flexibility index (Phi) is 5.01. The molecule has 0 radical (unpaired) electrons. The highest BCUT2D eigenvalue weighted by Gasteiger charge is 2.47. The molecule has 1 aromatic rings. The highest BCUT2D eigenvalue weighted by atomic mass is 35.5. The first kappa shape index (κ1) is 16.0. The lowest BCUT2D eigenvalue weighted by Gasteiger charge is -2.57. The van der Waals surface area contributed by atoms with Crippen molar-refractivity contribution in [1.29, 1.82) is 0 Å². The van der Waals surface area contributed by atoms with Crippen molar-refractivity contribution in [2.75, 3.05) is 38.1 Å². The van der Waals surface area contributed by atoms with E-state index in [0.29, 0.717) is 11.1 Å². The van der Waals surface area contributed by atoms with Crippen molar-refractivity contribution in [3.05, 3.63) is 24.0 Å². The number of anilines is 1. The van der Waals surface area contributed by atoms with Crippen LogP contribution in [0.25, 0.3) is 0 Å². The Bertz CT molecular complexity index is 440. The summed E-state index contributed by atoms with van der Waals surface area (Å²) in [6, 6.07) is 3.74. The van der Waals surface area contributed by atoms with Gasteiger partial charge >= 0.3 is 0 Å². The molecule has 2 aliphatic heterocycles. The van der Waals surface area contributed by atoms with Crippen LogP contribution in [0.4, 0.5) is 5.69 Å². The number of carbonyl (C=O) groups is 1. The molecule has 0 atom stereocenters. The van der Waals surface area contributed by atoms with E-state index in [0.717, 1.165) is 31.9 Å². The fourth-order valence-corrected chi connectivity index (χ4v) is 2.48. The molecule has 3 rings (SSSR count). The molecule has 0 bridgehead atoms. The number of hydrogen-bond acceptors (Lipinski definition) is 4. The van der Waals surface area contributed by atoms with Gasteiger partial charge in [-0.2, -0.15) is 0 Å².